The monoisotopic (exact) mass is 393 g/mol. The van der Waals surface area contributed by atoms with E-state index in [1.807, 2.05) is 0 Å². The van der Waals surface area contributed by atoms with Crippen molar-refractivity contribution in [2.45, 2.75) is 6.42 Å². The molecule has 0 aliphatic carbocycles. The van der Waals surface area contributed by atoms with Crippen molar-refractivity contribution in [3.05, 3.63) is 87.2 Å². The zero-order valence-electron chi connectivity index (χ0n) is 13.1. The number of benzene rings is 2. The van der Waals surface area contributed by atoms with E-state index < -0.39 is 17.6 Å². The highest BCUT2D eigenvalue weighted by atomic mass is 35.5. The molecule has 0 spiro atoms. The molecule has 26 heavy (non-hydrogen) atoms. The Morgan fingerprint density at radius 3 is 2.35 bits per heavy atom. The summed E-state index contributed by atoms with van der Waals surface area (Å²) in [6.45, 7) is 0. The average molecular weight is 394 g/mol. The Morgan fingerprint density at radius 2 is 1.73 bits per heavy atom. The fourth-order valence-corrected chi connectivity index (χ4v) is 2.99. The Bertz CT molecular complexity index is 986. The van der Waals surface area contributed by atoms with E-state index >= 15 is 0 Å². The predicted octanol–water partition coefficient (Wildman–Crippen LogP) is 5.62. The van der Waals surface area contributed by atoms with Gasteiger partial charge in [-0.3, -0.25) is 4.98 Å². The standard InChI is InChI=1S/C19H11Cl2F2NO2/c20-11-7-14(19(25)26)18(24-9-11)8-13-16(22)5-10(6-17(13)23)12-3-1-2-4-15(12)21/h1-7,9H,8H2,(H,25,26). The van der Waals surface area contributed by atoms with E-state index in [4.69, 9.17) is 23.2 Å². The third-order valence-electron chi connectivity index (χ3n) is 3.84. The molecule has 1 N–H and O–H groups in total. The van der Waals surface area contributed by atoms with Crippen molar-refractivity contribution in [3.8, 4) is 11.1 Å². The lowest BCUT2D eigenvalue weighted by atomic mass is 9.99. The van der Waals surface area contributed by atoms with Gasteiger partial charge in [-0.05, 0) is 29.8 Å². The first kappa shape index (κ1) is 18.3. The quantitative estimate of drug-likeness (QED) is 0.625. The van der Waals surface area contributed by atoms with Crippen molar-refractivity contribution in [2.24, 2.45) is 0 Å². The second kappa shape index (κ2) is 7.40. The van der Waals surface area contributed by atoms with Crippen molar-refractivity contribution >= 4 is 29.2 Å². The lowest BCUT2D eigenvalue weighted by Crippen LogP contribution is -2.08. The number of rotatable bonds is 4. The van der Waals surface area contributed by atoms with E-state index in [9.17, 15) is 18.7 Å². The van der Waals surface area contributed by atoms with Gasteiger partial charge in [-0.2, -0.15) is 0 Å². The van der Waals surface area contributed by atoms with Crippen LogP contribution in [0.15, 0.2) is 48.7 Å². The molecule has 0 unspecified atom stereocenters. The van der Waals surface area contributed by atoms with E-state index in [1.54, 1.807) is 24.3 Å². The summed E-state index contributed by atoms with van der Waals surface area (Å²) in [6.07, 6.45) is 0.913. The summed E-state index contributed by atoms with van der Waals surface area (Å²) < 4.78 is 29.1. The second-order valence-electron chi connectivity index (χ2n) is 5.53. The van der Waals surface area contributed by atoms with Crippen LogP contribution in [0.1, 0.15) is 21.6 Å². The molecule has 0 atom stereocenters. The molecule has 7 heteroatoms. The van der Waals surface area contributed by atoms with Crippen molar-refractivity contribution in [2.75, 3.05) is 0 Å². The highest BCUT2D eigenvalue weighted by Crippen LogP contribution is 2.31. The maximum absolute atomic E-state index is 14.5. The van der Waals surface area contributed by atoms with Gasteiger partial charge in [0.1, 0.15) is 11.6 Å². The van der Waals surface area contributed by atoms with Crippen molar-refractivity contribution < 1.29 is 18.7 Å². The zero-order valence-corrected chi connectivity index (χ0v) is 14.7. The second-order valence-corrected chi connectivity index (χ2v) is 6.37. The highest BCUT2D eigenvalue weighted by molar-refractivity contribution is 6.33. The van der Waals surface area contributed by atoms with Gasteiger partial charge in [0.2, 0.25) is 0 Å². The molecule has 0 aliphatic heterocycles. The Kier molecular flexibility index (Phi) is 5.20. The van der Waals surface area contributed by atoms with Gasteiger partial charge < -0.3 is 5.11 Å². The van der Waals surface area contributed by atoms with Crippen LogP contribution < -0.4 is 0 Å². The fourth-order valence-electron chi connectivity index (χ4n) is 2.58. The third-order valence-corrected chi connectivity index (χ3v) is 4.37. The van der Waals surface area contributed by atoms with Crippen LogP contribution in [0.25, 0.3) is 11.1 Å². The molecule has 0 bridgehead atoms. The average Bonchev–Trinajstić information content (AvgIpc) is 2.59. The molecule has 2 aromatic carbocycles. The third kappa shape index (κ3) is 3.69. The van der Waals surface area contributed by atoms with Crippen LogP contribution in [-0.4, -0.2) is 16.1 Å². The molecule has 3 nitrogen and oxygen atoms in total. The summed E-state index contributed by atoms with van der Waals surface area (Å²) in [5, 5.41) is 9.72. The Hall–Kier alpha value is -2.50. The number of pyridine rings is 1. The number of aromatic carboxylic acids is 1. The summed E-state index contributed by atoms with van der Waals surface area (Å²) in [6, 6.07) is 10.2. The van der Waals surface area contributed by atoms with Crippen LogP contribution in [-0.2, 0) is 6.42 Å². The lowest BCUT2D eigenvalue weighted by molar-refractivity contribution is 0.0695. The number of nitrogens with zero attached hydrogens (tertiary/aromatic N) is 1. The van der Waals surface area contributed by atoms with Gasteiger partial charge in [0.15, 0.2) is 0 Å². The van der Waals surface area contributed by atoms with Gasteiger partial charge in [-0.25, -0.2) is 13.6 Å². The number of carbonyl (C=O) groups is 1. The number of carboxylic acid groups (broad SMARTS) is 1. The van der Waals surface area contributed by atoms with Crippen LogP contribution in [0.2, 0.25) is 10.0 Å². The summed E-state index contributed by atoms with van der Waals surface area (Å²) >= 11 is 11.8. The number of hydrogen-bond donors (Lipinski definition) is 1. The molecule has 132 valence electrons. The minimum absolute atomic E-state index is 0.0187. The van der Waals surface area contributed by atoms with Gasteiger partial charge in [0.05, 0.1) is 16.3 Å². The summed E-state index contributed by atoms with van der Waals surface area (Å²) in [5.74, 6) is -2.90. The zero-order chi connectivity index (χ0) is 18.8. The molecule has 0 saturated carbocycles. The molecule has 0 fully saturated rings. The molecule has 0 aliphatic rings. The van der Waals surface area contributed by atoms with Gasteiger partial charge in [0, 0.05) is 28.8 Å². The Balaban J connectivity index is 2.03. The SMILES string of the molecule is O=C(O)c1cc(Cl)cnc1Cc1c(F)cc(-c2ccccc2Cl)cc1F. The van der Waals surface area contributed by atoms with E-state index in [0.717, 1.165) is 12.1 Å². The summed E-state index contributed by atoms with van der Waals surface area (Å²) in [7, 11) is 0. The summed E-state index contributed by atoms with van der Waals surface area (Å²) in [4.78, 5) is 15.2. The van der Waals surface area contributed by atoms with Gasteiger partial charge in [-0.1, -0.05) is 41.4 Å². The molecule has 0 radical (unpaired) electrons. The normalized spacial score (nSPS) is 10.8. The van der Waals surface area contributed by atoms with Crippen molar-refractivity contribution in [1.29, 1.82) is 0 Å². The lowest BCUT2D eigenvalue weighted by Gasteiger charge is -2.11. The van der Waals surface area contributed by atoms with Crippen LogP contribution in [0.3, 0.4) is 0 Å². The van der Waals surface area contributed by atoms with Gasteiger partial charge in [-0.15, -0.1) is 0 Å². The maximum Gasteiger partial charge on any atom is 0.337 e. The maximum atomic E-state index is 14.5. The molecule has 3 rings (SSSR count). The fraction of sp³-hybridized carbons (Fsp3) is 0.0526. The van der Waals surface area contributed by atoms with Gasteiger partial charge >= 0.3 is 5.97 Å². The smallest absolute Gasteiger partial charge is 0.337 e. The van der Waals surface area contributed by atoms with Crippen LogP contribution in [0.5, 0.6) is 0 Å². The van der Waals surface area contributed by atoms with E-state index in [0.29, 0.717) is 10.6 Å². The van der Waals surface area contributed by atoms with Crippen LogP contribution in [0.4, 0.5) is 8.78 Å². The highest BCUT2D eigenvalue weighted by Gasteiger charge is 2.19. The molecule has 0 amide bonds. The first-order chi connectivity index (χ1) is 12.4. The van der Waals surface area contributed by atoms with Crippen molar-refractivity contribution in [1.82, 2.24) is 4.98 Å². The predicted molar refractivity (Wildman–Crippen MR) is 95.8 cm³/mol. The molecule has 3 aromatic rings. The first-order valence-corrected chi connectivity index (χ1v) is 8.23. The number of halogens is 4. The Labute approximate surface area is 157 Å². The first-order valence-electron chi connectivity index (χ1n) is 7.47. The minimum Gasteiger partial charge on any atom is -0.478 e. The van der Waals surface area contributed by atoms with E-state index in [-0.39, 0.29) is 33.8 Å². The molecule has 1 aromatic heterocycles. The molecule has 1 heterocycles. The topological polar surface area (TPSA) is 50.2 Å². The molecule has 0 saturated heterocycles. The number of hydrogen-bond acceptors (Lipinski definition) is 2. The molecular formula is C19H11Cl2F2NO2. The number of carboxylic acids is 1. The van der Waals surface area contributed by atoms with E-state index in [1.165, 1.54) is 12.3 Å². The van der Waals surface area contributed by atoms with E-state index in [2.05, 4.69) is 4.98 Å². The largest absolute Gasteiger partial charge is 0.478 e. The minimum atomic E-state index is -1.27. The Morgan fingerprint density at radius 1 is 1.08 bits per heavy atom. The van der Waals surface area contributed by atoms with Crippen LogP contribution in [0, 0.1) is 11.6 Å². The number of aromatic nitrogens is 1. The van der Waals surface area contributed by atoms with Gasteiger partial charge in [0.25, 0.3) is 0 Å². The molecular weight excluding hydrogens is 383 g/mol. The van der Waals surface area contributed by atoms with Crippen molar-refractivity contribution in [3.63, 3.8) is 0 Å². The van der Waals surface area contributed by atoms with Crippen LogP contribution >= 0.6 is 23.2 Å². The summed E-state index contributed by atoms with van der Waals surface area (Å²) in [5.41, 5.74) is 0.320.